The van der Waals surface area contributed by atoms with Crippen molar-refractivity contribution >= 4 is 17.0 Å². The van der Waals surface area contributed by atoms with Gasteiger partial charge in [0.2, 0.25) is 0 Å². The number of nitrogens with zero attached hydrogens (tertiary/aromatic N) is 3. The molecular formula is C27H29N3O2. The van der Waals surface area contributed by atoms with E-state index in [4.69, 9.17) is 4.42 Å². The lowest BCUT2D eigenvalue weighted by atomic mass is 9.96. The number of aromatic nitrogens is 1. The number of hydrogen-bond donors (Lipinski definition) is 0. The Morgan fingerprint density at radius 3 is 2.06 bits per heavy atom. The summed E-state index contributed by atoms with van der Waals surface area (Å²) in [5, 5.41) is 0. The van der Waals surface area contributed by atoms with Crippen LogP contribution in [0.2, 0.25) is 0 Å². The van der Waals surface area contributed by atoms with Crippen LogP contribution >= 0.6 is 0 Å². The van der Waals surface area contributed by atoms with Crippen molar-refractivity contribution in [3.63, 3.8) is 0 Å². The number of piperazine rings is 1. The fourth-order valence-corrected chi connectivity index (χ4v) is 4.91. The maximum absolute atomic E-state index is 13.4. The molecule has 32 heavy (non-hydrogen) atoms. The molecule has 0 N–H and O–H groups in total. The van der Waals surface area contributed by atoms with Crippen molar-refractivity contribution in [3.8, 4) is 0 Å². The first-order valence-corrected chi connectivity index (χ1v) is 11.4. The van der Waals surface area contributed by atoms with Gasteiger partial charge in [-0.05, 0) is 25.0 Å². The number of furan rings is 1. The summed E-state index contributed by atoms with van der Waals surface area (Å²) in [5.74, 6) is 0.962. The average molecular weight is 428 g/mol. The van der Waals surface area contributed by atoms with Crippen LogP contribution in [0.15, 0.2) is 77.2 Å². The third-order valence-electron chi connectivity index (χ3n) is 6.45. The first-order valence-electron chi connectivity index (χ1n) is 11.4. The summed E-state index contributed by atoms with van der Waals surface area (Å²) in [6.07, 6.45) is 0. The minimum Gasteiger partial charge on any atom is -0.460 e. The molecule has 0 aliphatic carbocycles. The lowest BCUT2D eigenvalue weighted by molar-refractivity contribution is 0.0587. The van der Waals surface area contributed by atoms with Gasteiger partial charge in [0.1, 0.15) is 11.5 Å². The van der Waals surface area contributed by atoms with Gasteiger partial charge in [-0.3, -0.25) is 9.69 Å². The van der Waals surface area contributed by atoms with E-state index in [-0.39, 0.29) is 11.9 Å². The van der Waals surface area contributed by atoms with Gasteiger partial charge in [0.25, 0.3) is 5.91 Å². The summed E-state index contributed by atoms with van der Waals surface area (Å²) in [5.41, 5.74) is 5.08. The molecule has 0 atom stereocenters. The number of hydrogen-bond acceptors (Lipinski definition) is 3. The van der Waals surface area contributed by atoms with Crippen LogP contribution in [-0.2, 0) is 6.54 Å². The van der Waals surface area contributed by atoms with Gasteiger partial charge in [0.05, 0.1) is 11.6 Å². The van der Waals surface area contributed by atoms with Crippen LogP contribution in [0.3, 0.4) is 0 Å². The molecule has 1 fully saturated rings. The maximum atomic E-state index is 13.4. The van der Waals surface area contributed by atoms with Crippen LogP contribution in [0, 0.1) is 6.92 Å². The number of benzene rings is 2. The number of amides is 1. The van der Waals surface area contributed by atoms with E-state index < -0.39 is 0 Å². The van der Waals surface area contributed by atoms with Crippen molar-refractivity contribution in [2.45, 2.75) is 26.4 Å². The molecule has 5 nitrogen and oxygen atoms in total. The topological polar surface area (TPSA) is 41.6 Å². The molecule has 5 heteroatoms. The van der Waals surface area contributed by atoms with Gasteiger partial charge in [0.15, 0.2) is 5.58 Å². The van der Waals surface area contributed by atoms with Crippen LogP contribution in [0.4, 0.5) is 0 Å². The average Bonchev–Trinajstić information content (AvgIpc) is 3.36. The summed E-state index contributed by atoms with van der Waals surface area (Å²) in [4.78, 5) is 17.9. The standard InChI is InChI=1S/C27H29N3O2/c1-3-30-23-18-20(2)32-25(23)19-24(30)27(31)29-16-14-28(15-17-29)26(21-10-6-4-7-11-21)22-12-8-5-9-13-22/h4-13,18-19,26H,3,14-17H2,1-2H3. The summed E-state index contributed by atoms with van der Waals surface area (Å²) in [6, 6.07) is 25.4. The second kappa shape index (κ2) is 8.67. The van der Waals surface area contributed by atoms with E-state index >= 15 is 0 Å². The first-order chi connectivity index (χ1) is 15.7. The highest BCUT2D eigenvalue weighted by atomic mass is 16.3. The molecule has 0 saturated carbocycles. The molecule has 4 aromatic rings. The van der Waals surface area contributed by atoms with E-state index in [1.54, 1.807) is 0 Å². The van der Waals surface area contributed by atoms with E-state index in [1.807, 2.05) is 24.0 Å². The van der Waals surface area contributed by atoms with Gasteiger partial charge in [0, 0.05) is 44.9 Å². The smallest absolute Gasteiger partial charge is 0.270 e. The molecule has 0 spiro atoms. The molecule has 0 unspecified atom stereocenters. The van der Waals surface area contributed by atoms with E-state index in [2.05, 4.69) is 77.1 Å². The minimum atomic E-state index is 0.0894. The fourth-order valence-electron chi connectivity index (χ4n) is 4.91. The molecule has 0 radical (unpaired) electrons. The Labute approximate surface area is 188 Å². The molecule has 164 valence electrons. The van der Waals surface area contributed by atoms with Gasteiger partial charge in [-0.15, -0.1) is 0 Å². The van der Waals surface area contributed by atoms with E-state index in [9.17, 15) is 4.79 Å². The Morgan fingerprint density at radius 1 is 0.906 bits per heavy atom. The Hall–Kier alpha value is -3.31. The Balaban J connectivity index is 1.36. The number of fused-ring (bicyclic) bond motifs is 1. The van der Waals surface area contributed by atoms with Crippen molar-refractivity contribution in [2.24, 2.45) is 0 Å². The van der Waals surface area contributed by atoms with Crippen molar-refractivity contribution in [1.29, 1.82) is 0 Å². The summed E-state index contributed by atoms with van der Waals surface area (Å²) in [7, 11) is 0. The van der Waals surface area contributed by atoms with Crippen molar-refractivity contribution in [2.75, 3.05) is 26.2 Å². The van der Waals surface area contributed by atoms with Crippen LogP contribution in [0.5, 0.6) is 0 Å². The first kappa shape index (κ1) is 20.6. The number of rotatable bonds is 5. The Kier molecular flexibility index (Phi) is 5.58. The minimum absolute atomic E-state index is 0.0894. The zero-order valence-electron chi connectivity index (χ0n) is 18.7. The quantitative estimate of drug-likeness (QED) is 0.444. The zero-order valence-corrected chi connectivity index (χ0v) is 18.7. The highest BCUT2D eigenvalue weighted by Gasteiger charge is 2.30. The third kappa shape index (κ3) is 3.73. The zero-order chi connectivity index (χ0) is 22.1. The molecule has 1 aliphatic rings. The molecule has 1 saturated heterocycles. The number of aryl methyl sites for hydroxylation is 2. The van der Waals surface area contributed by atoms with Gasteiger partial charge in [-0.1, -0.05) is 60.7 Å². The second-order valence-electron chi connectivity index (χ2n) is 8.43. The molecule has 1 amide bonds. The van der Waals surface area contributed by atoms with Crippen LogP contribution in [-0.4, -0.2) is 46.5 Å². The van der Waals surface area contributed by atoms with Crippen molar-refractivity contribution in [1.82, 2.24) is 14.4 Å². The highest BCUT2D eigenvalue weighted by molar-refractivity contribution is 5.97. The Bertz CT molecular complexity index is 1160. The third-order valence-corrected chi connectivity index (χ3v) is 6.45. The predicted octanol–water partition coefficient (Wildman–Crippen LogP) is 5.11. The van der Waals surface area contributed by atoms with E-state index in [0.717, 1.165) is 42.2 Å². The molecule has 1 aliphatic heterocycles. The van der Waals surface area contributed by atoms with Gasteiger partial charge in [-0.2, -0.15) is 0 Å². The van der Waals surface area contributed by atoms with Crippen LogP contribution in [0.25, 0.3) is 11.1 Å². The SMILES string of the molecule is CCn1c(C(=O)N2CCN(C(c3ccccc3)c3ccccc3)CC2)cc2oc(C)cc21. The monoisotopic (exact) mass is 427 g/mol. The molecular weight excluding hydrogens is 398 g/mol. The summed E-state index contributed by atoms with van der Waals surface area (Å²) < 4.78 is 7.84. The molecule has 2 aromatic heterocycles. The summed E-state index contributed by atoms with van der Waals surface area (Å²) >= 11 is 0. The van der Waals surface area contributed by atoms with Crippen LogP contribution in [0.1, 0.15) is 40.3 Å². The normalized spacial score (nSPS) is 15.0. The van der Waals surface area contributed by atoms with Crippen molar-refractivity contribution in [3.05, 3.63) is 95.4 Å². The molecule has 3 heterocycles. The van der Waals surface area contributed by atoms with Crippen LogP contribution < -0.4 is 0 Å². The highest BCUT2D eigenvalue weighted by Crippen LogP contribution is 2.30. The number of carbonyl (C=O) groups is 1. The molecule has 2 aromatic carbocycles. The van der Waals surface area contributed by atoms with Crippen molar-refractivity contribution < 1.29 is 9.21 Å². The van der Waals surface area contributed by atoms with Gasteiger partial charge < -0.3 is 13.9 Å². The second-order valence-corrected chi connectivity index (χ2v) is 8.43. The van der Waals surface area contributed by atoms with Gasteiger partial charge in [-0.25, -0.2) is 0 Å². The number of carbonyl (C=O) groups excluding carboxylic acids is 1. The summed E-state index contributed by atoms with van der Waals surface area (Å²) in [6.45, 7) is 7.85. The molecule has 5 rings (SSSR count). The van der Waals surface area contributed by atoms with E-state index in [1.165, 1.54) is 11.1 Å². The lowest BCUT2D eigenvalue weighted by Crippen LogP contribution is -2.50. The maximum Gasteiger partial charge on any atom is 0.270 e. The fraction of sp³-hybridized carbons (Fsp3) is 0.296. The Morgan fingerprint density at radius 2 is 1.50 bits per heavy atom. The lowest BCUT2D eigenvalue weighted by Gasteiger charge is -2.39. The van der Waals surface area contributed by atoms with E-state index in [0.29, 0.717) is 13.1 Å². The van der Waals surface area contributed by atoms with Gasteiger partial charge >= 0.3 is 0 Å². The molecule has 0 bridgehead atoms. The predicted molar refractivity (Wildman–Crippen MR) is 127 cm³/mol. The largest absolute Gasteiger partial charge is 0.460 e.